The van der Waals surface area contributed by atoms with Gasteiger partial charge >= 0.3 is 0 Å². The molecular formula is C8H18O3. The standard InChI is InChI=1S/C8H18O3/c1-7(2)4-11-6-8(9)5-10-3/h7-9H,4-6H2,1-3H3. The molecule has 0 saturated heterocycles. The molecule has 0 aliphatic rings. The van der Waals surface area contributed by atoms with Crippen LogP contribution in [0, 0.1) is 5.92 Å². The highest BCUT2D eigenvalue weighted by Gasteiger charge is 2.03. The molecule has 1 unspecified atom stereocenters. The molecule has 68 valence electrons. The maximum Gasteiger partial charge on any atom is 0.101 e. The summed E-state index contributed by atoms with van der Waals surface area (Å²) in [4.78, 5) is 0. The van der Waals surface area contributed by atoms with E-state index in [1.165, 1.54) is 0 Å². The van der Waals surface area contributed by atoms with Crippen molar-refractivity contribution in [3.63, 3.8) is 0 Å². The van der Waals surface area contributed by atoms with Crippen molar-refractivity contribution in [1.82, 2.24) is 0 Å². The molecule has 0 fully saturated rings. The van der Waals surface area contributed by atoms with Gasteiger partial charge in [0.25, 0.3) is 0 Å². The van der Waals surface area contributed by atoms with E-state index >= 15 is 0 Å². The normalized spacial score (nSPS) is 13.9. The molecule has 0 aliphatic carbocycles. The summed E-state index contributed by atoms with van der Waals surface area (Å²) in [5.41, 5.74) is 0. The number of hydrogen-bond donors (Lipinski definition) is 1. The monoisotopic (exact) mass is 162 g/mol. The topological polar surface area (TPSA) is 38.7 Å². The lowest BCUT2D eigenvalue weighted by atomic mass is 10.2. The van der Waals surface area contributed by atoms with E-state index in [2.05, 4.69) is 13.8 Å². The predicted molar refractivity (Wildman–Crippen MR) is 43.5 cm³/mol. The van der Waals surface area contributed by atoms with Crippen LogP contribution >= 0.6 is 0 Å². The minimum atomic E-state index is -0.487. The van der Waals surface area contributed by atoms with Gasteiger partial charge in [0.05, 0.1) is 13.2 Å². The molecule has 0 spiro atoms. The molecule has 3 heteroatoms. The Morgan fingerprint density at radius 3 is 2.27 bits per heavy atom. The summed E-state index contributed by atoms with van der Waals surface area (Å²) in [5.74, 6) is 0.518. The highest BCUT2D eigenvalue weighted by atomic mass is 16.5. The van der Waals surface area contributed by atoms with E-state index in [4.69, 9.17) is 14.6 Å². The Kier molecular flexibility index (Phi) is 6.51. The van der Waals surface area contributed by atoms with Gasteiger partial charge in [0.1, 0.15) is 6.10 Å². The van der Waals surface area contributed by atoms with Gasteiger partial charge in [-0.3, -0.25) is 0 Å². The minimum Gasteiger partial charge on any atom is -0.388 e. The molecule has 0 aromatic carbocycles. The molecule has 3 nitrogen and oxygen atoms in total. The van der Waals surface area contributed by atoms with Crippen molar-refractivity contribution in [3.8, 4) is 0 Å². The summed E-state index contributed by atoms with van der Waals surface area (Å²) in [6, 6.07) is 0. The molecule has 0 aromatic heterocycles. The van der Waals surface area contributed by atoms with Crippen LogP contribution in [0.3, 0.4) is 0 Å². The van der Waals surface area contributed by atoms with Gasteiger partial charge < -0.3 is 14.6 Å². The Morgan fingerprint density at radius 1 is 1.18 bits per heavy atom. The molecule has 0 amide bonds. The van der Waals surface area contributed by atoms with Crippen LogP contribution in [0.25, 0.3) is 0 Å². The summed E-state index contributed by atoms with van der Waals surface area (Å²) in [6.45, 7) is 5.55. The third kappa shape index (κ3) is 7.78. The van der Waals surface area contributed by atoms with Crippen LogP contribution in [-0.4, -0.2) is 38.1 Å². The minimum absolute atomic E-state index is 0.345. The Hall–Kier alpha value is -0.120. The van der Waals surface area contributed by atoms with Crippen LogP contribution < -0.4 is 0 Å². The number of rotatable bonds is 6. The lowest BCUT2D eigenvalue weighted by Gasteiger charge is -2.11. The number of aliphatic hydroxyl groups is 1. The van der Waals surface area contributed by atoms with E-state index in [-0.39, 0.29) is 0 Å². The van der Waals surface area contributed by atoms with Gasteiger partial charge in [-0.2, -0.15) is 0 Å². The first-order valence-corrected chi connectivity index (χ1v) is 3.91. The van der Waals surface area contributed by atoms with Crippen LogP contribution in [-0.2, 0) is 9.47 Å². The quantitative estimate of drug-likeness (QED) is 0.623. The van der Waals surface area contributed by atoms with Crippen molar-refractivity contribution >= 4 is 0 Å². The van der Waals surface area contributed by atoms with Gasteiger partial charge in [-0.1, -0.05) is 13.8 Å². The van der Waals surface area contributed by atoms with Crippen LogP contribution in [0.4, 0.5) is 0 Å². The molecule has 0 saturated carbocycles. The highest BCUT2D eigenvalue weighted by molar-refractivity contribution is 4.50. The Balaban J connectivity index is 3.10. The van der Waals surface area contributed by atoms with Crippen molar-refractivity contribution in [1.29, 1.82) is 0 Å². The Labute approximate surface area is 68.3 Å². The smallest absolute Gasteiger partial charge is 0.101 e. The summed E-state index contributed by atoms with van der Waals surface area (Å²) in [6.07, 6.45) is -0.487. The SMILES string of the molecule is COCC(O)COCC(C)C. The van der Waals surface area contributed by atoms with Crippen LogP contribution in [0.5, 0.6) is 0 Å². The van der Waals surface area contributed by atoms with Gasteiger partial charge in [0.15, 0.2) is 0 Å². The lowest BCUT2D eigenvalue weighted by molar-refractivity contribution is -0.0123. The van der Waals surface area contributed by atoms with Crippen molar-refractivity contribution < 1.29 is 14.6 Å². The van der Waals surface area contributed by atoms with E-state index in [1.807, 2.05) is 0 Å². The first-order valence-electron chi connectivity index (χ1n) is 3.91. The third-order valence-electron chi connectivity index (χ3n) is 1.12. The van der Waals surface area contributed by atoms with Crippen molar-refractivity contribution in [2.75, 3.05) is 26.9 Å². The van der Waals surface area contributed by atoms with Crippen LogP contribution in [0.2, 0.25) is 0 Å². The number of aliphatic hydroxyl groups excluding tert-OH is 1. The Morgan fingerprint density at radius 2 is 1.82 bits per heavy atom. The van der Waals surface area contributed by atoms with E-state index < -0.39 is 6.10 Å². The van der Waals surface area contributed by atoms with Gasteiger partial charge in [-0.25, -0.2) is 0 Å². The molecule has 0 aliphatic heterocycles. The zero-order valence-corrected chi connectivity index (χ0v) is 7.54. The average molecular weight is 162 g/mol. The van der Waals surface area contributed by atoms with E-state index in [1.54, 1.807) is 7.11 Å². The summed E-state index contributed by atoms with van der Waals surface area (Å²) >= 11 is 0. The van der Waals surface area contributed by atoms with Crippen molar-refractivity contribution in [2.45, 2.75) is 20.0 Å². The van der Waals surface area contributed by atoms with Crippen LogP contribution in [0.1, 0.15) is 13.8 Å². The lowest BCUT2D eigenvalue weighted by Crippen LogP contribution is -2.21. The fraction of sp³-hybridized carbons (Fsp3) is 1.00. The first kappa shape index (κ1) is 10.9. The molecule has 0 heterocycles. The second-order valence-corrected chi connectivity index (χ2v) is 3.04. The fourth-order valence-corrected chi connectivity index (χ4v) is 0.680. The maximum atomic E-state index is 9.11. The summed E-state index contributed by atoms with van der Waals surface area (Å²) in [5, 5.41) is 9.11. The zero-order chi connectivity index (χ0) is 8.69. The zero-order valence-electron chi connectivity index (χ0n) is 7.54. The van der Waals surface area contributed by atoms with E-state index in [0.717, 1.165) is 0 Å². The van der Waals surface area contributed by atoms with Crippen LogP contribution in [0.15, 0.2) is 0 Å². The molecule has 0 aromatic rings. The molecule has 0 rings (SSSR count). The van der Waals surface area contributed by atoms with E-state index in [9.17, 15) is 0 Å². The highest BCUT2D eigenvalue weighted by Crippen LogP contribution is 1.93. The summed E-state index contributed by atoms with van der Waals surface area (Å²) < 4.78 is 9.91. The summed E-state index contributed by atoms with van der Waals surface area (Å²) in [7, 11) is 1.56. The molecular weight excluding hydrogens is 144 g/mol. The van der Waals surface area contributed by atoms with Gasteiger partial charge in [-0.15, -0.1) is 0 Å². The Bertz CT molecular complexity index is 83.4. The molecule has 0 radical (unpaired) electrons. The van der Waals surface area contributed by atoms with Gasteiger partial charge in [0.2, 0.25) is 0 Å². The number of hydrogen-bond acceptors (Lipinski definition) is 3. The molecule has 11 heavy (non-hydrogen) atoms. The number of ether oxygens (including phenoxy) is 2. The fourth-order valence-electron chi connectivity index (χ4n) is 0.680. The second kappa shape index (κ2) is 6.58. The van der Waals surface area contributed by atoms with Gasteiger partial charge in [-0.05, 0) is 5.92 Å². The largest absolute Gasteiger partial charge is 0.388 e. The van der Waals surface area contributed by atoms with Gasteiger partial charge in [0, 0.05) is 13.7 Å². The van der Waals surface area contributed by atoms with E-state index in [0.29, 0.717) is 25.7 Å². The number of methoxy groups -OCH3 is 1. The first-order chi connectivity index (χ1) is 5.16. The second-order valence-electron chi connectivity index (χ2n) is 3.04. The third-order valence-corrected chi connectivity index (χ3v) is 1.12. The van der Waals surface area contributed by atoms with Crippen molar-refractivity contribution in [3.05, 3.63) is 0 Å². The molecule has 1 N–H and O–H groups in total. The maximum absolute atomic E-state index is 9.11. The average Bonchev–Trinajstić information content (AvgIpc) is 1.87. The molecule has 1 atom stereocenters. The molecule has 0 bridgehead atoms. The predicted octanol–water partition coefficient (Wildman–Crippen LogP) is 0.666. The van der Waals surface area contributed by atoms with Crippen molar-refractivity contribution in [2.24, 2.45) is 5.92 Å².